The van der Waals surface area contributed by atoms with Gasteiger partial charge in [-0.05, 0) is 18.2 Å². The molecule has 1 heterocycles. The minimum atomic E-state index is -0.136. The summed E-state index contributed by atoms with van der Waals surface area (Å²) >= 11 is 1.35. The van der Waals surface area contributed by atoms with Gasteiger partial charge >= 0.3 is 0 Å². The van der Waals surface area contributed by atoms with Gasteiger partial charge in [-0.25, -0.2) is 0 Å². The van der Waals surface area contributed by atoms with Gasteiger partial charge in [-0.15, -0.1) is 11.8 Å². The van der Waals surface area contributed by atoms with E-state index in [9.17, 15) is 9.59 Å². The van der Waals surface area contributed by atoms with Crippen LogP contribution in [-0.4, -0.2) is 23.3 Å². The van der Waals surface area contributed by atoms with Gasteiger partial charge in [0.05, 0.1) is 18.4 Å². The molecule has 0 fully saturated rings. The highest BCUT2D eigenvalue weighted by Gasteiger charge is 2.10. The molecule has 5 nitrogen and oxygen atoms in total. The normalized spacial score (nSPS) is 10.6. The Morgan fingerprint density at radius 3 is 2.76 bits per heavy atom. The maximum Gasteiger partial charge on any atom is 0.251 e. The molecule has 0 radical (unpaired) electrons. The molecule has 0 spiro atoms. The van der Waals surface area contributed by atoms with Crippen molar-refractivity contribution in [2.24, 2.45) is 7.05 Å². The number of thioether (sulfide) groups is 1. The molecule has 25 heavy (non-hydrogen) atoms. The Kier molecular flexibility index (Phi) is 5.09. The Balaban J connectivity index is 1.75. The fraction of sp³-hybridized carbons (Fsp3) is 0.158. The quantitative estimate of drug-likeness (QED) is 0.715. The highest BCUT2D eigenvalue weighted by atomic mass is 32.2. The minimum absolute atomic E-state index is 0.0885. The highest BCUT2D eigenvalue weighted by Crippen LogP contribution is 2.26. The van der Waals surface area contributed by atoms with Gasteiger partial charge < -0.3 is 14.6 Å². The molecule has 0 aliphatic rings. The van der Waals surface area contributed by atoms with E-state index >= 15 is 0 Å². The van der Waals surface area contributed by atoms with Crippen LogP contribution in [0.2, 0.25) is 0 Å². The number of hydrogen-bond acceptors (Lipinski definition) is 4. The van der Waals surface area contributed by atoms with Gasteiger partial charge in [0.25, 0.3) is 5.56 Å². The number of carbonyl (C=O) groups excluding carboxylic acids is 1. The van der Waals surface area contributed by atoms with Gasteiger partial charge in [0.15, 0.2) is 0 Å². The molecule has 1 amide bonds. The molecule has 2 aromatic carbocycles. The number of methoxy groups -OCH3 is 1. The van der Waals surface area contributed by atoms with Gasteiger partial charge in [0.1, 0.15) is 5.75 Å². The lowest BCUT2D eigenvalue weighted by Crippen LogP contribution is -2.17. The van der Waals surface area contributed by atoms with Gasteiger partial charge in [0.2, 0.25) is 5.91 Å². The summed E-state index contributed by atoms with van der Waals surface area (Å²) in [7, 11) is 3.33. The van der Waals surface area contributed by atoms with E-state index in [0.29, 0.717) is 11.4 Å². The van der Waals surface area contributed by atoms with Gasteiger partial charge in [-0.2, -0.15) is 0 Å². The second-order valence-electron chi connectivity index (χ2n) is 5.49. The second kappa shape index (κ2) is 7.44. The number of amides is 1. The number of pyridine rings is 1. The third-order valence-electron chi connectivity index (χ3n) is 3.83. The average molecular weight is 354 g/mol. The average Bonchev–Trinajstić information content (AvgIpc) is 2.63. The Morgan fingerprint density at radius 2 is 1.96 bits per heavy atom. The molecule has 1 N–H and O–H groups in total. The Hall–Kier alpha value is -2.73. The standard InChI is InChI=1S/C19H18N2O3S/c1-21-16-9-4-3-8-15(16)17(11-19(21)23)25-12-18(22)20-13-6-5-7-14(10-13)24-2/h3-11H,12H2,1-2H3,(H,20,22). The summed E-state index contributed by atoms with van der Waals surface area (Å²) in [5, 5.41) is 3.80. The molecule has 3 rings (SSSR count). The molecule has 0 atom stereocenters. The first-order chi connectivity index (χ1) is 12.1. The van der Waals surface area contributed by atoms with E-state index in [1.54, 1.807) is 36.9 Å². The Labute approximate surface area is 149 Å². The largest absolute Gasteiger partial charge is 0.497 e. The summed E-state index contributed by atoms with van der Waals surface area (Å²) in [4.78, 5) is 25.1. The SMILES string of the molecule is COc1cccc(NC(=O)CSc2cc(=O)n(C)c3ccccc23)c1. The number of benzene rings is 2. The third-order valence-corrected chi connectivity index (χ3v) is 4.88. The molecule has 1 aromatic heterocycles. The lowest BCUT2D eigenvalue weighted by atomic mass is 10.2. The van der Waals surface area contributed by atoms with E-state index in [2.05, 4.69) is 5.32 Å². The van der Waals surface area contributed by atoms with Crippen molar-refractivity contribution in [1.29, 1.82) is 0 Å². The number of ether oxygens (including phenoxy) is 1. The first-order valence-corrected chi connectivity index (χ1v) is 8.72. The number of nitrogens with zero attached hydrogens (tertiary/aromatic N) is 1. The number of aromatic nitrogens is 1. The van der Waals surface area contributed by atoms with Crippen LogP contribution < -0.4 is 15.6 Å². The number of rotatable bonds is 5. The van der Waals surface area contributed by atoms with Crippen LogP contribution in [0.25, 0.3) is 10.9 Å². The van der Waals surface area contributed by atoms with E-state index in [1.807, 2.05) is 36.4 Å². The minimum Gasteiger partial charge on any atom is -0.497 e. The molecule has 6 heteroatoms. The molecule has 0 aliphatic heterocycles. The monoisotopic (exact) mass is 354 g/mol. The molecule has 0 saturated heterocycles. The highest BCUT2D eigenvalue weighted by molar-refractivity contribution is 8.00. The van der Waals surface area contributed by atoms with E-state index in [-0.39, 0.29) is 17.2 Å². The third kappa shape index (κ3) is 3.85. The maximum atomic E-state index is 12.2. The molecular weight excluding hydrogens is 336 g/mol. The van der Waals surface area contributed by atoms with Crippen molar-refractivity contribution in [3.8, 4) is 5.75 Å². The fourth-order valence-electron chi connectivity index (χ4n) is 2.54. The zero-order valence-corrected chi connectivity index (χ0v) is 14.8. The molecule has 128 valence electrons. The van der Waals surface area contributed by atoms with Crippen molar-refractivity contribution < 1.29 is 9.53 Å². The molecule has 3 aromatic rings. The lowest BCUT2D eigenvalue weighted by Gasteiger charge is -2.10. The van der Waals surface area contributed by atoms with Crippen molar-refractivity contribution in [2.45, 2.75) is 4.90 Å². The number of nitrogens with one attached hydrogen (secondary N) is 1. The lowest BCUT2D eigenvalue weighted by molar-refractivity contribution is -0.113. The zero-order chi connectivity index (χ0) is 17.8. The molecule has 0 aliphatic carbocycles. The van der Waals surface area contributed by atoms with Crippen LogP contribution in [0.4, 0.5) is 5.69 Å². The van der Waals surface area contributed by atoms with Gasteiger partial charge in [0, 0.05) is 35.1 Å². The number of aryl methyl sites for hydroxylation is 1. The number of carbonyl (C=O) groups is 1. The van der Waals surface area contributed by atoms with Gasteiger partial charge in [-0.3, -0.25) is 9.59 Å². The Bertz CT molecular complexity index is 982. The molecular formula is C19H18N2O3S. The topological polar surface area (TPSA) is 60.3 Å². The summed E-state index contributed by atoms with van der Waals surface area (Å²) in [6, 6.07) is 16.4. The van der Waals surface area contributed by atoms with Crippen LogP contribution in [0.3, 0.4) is 0 Å². The zero-order valence-electron chi connectivity index (χ0n) is 14.0. The van der Waals surface area contributed by atoms with E-state index in [0.717, 1.165) is 15.8 Å². The smallest absolute Gasteiger partial charge is 0.251 e. The first kappa shape index (κ1) is 17.1. The van der Waals surface area contributed by atoms with Gasteiger partial charge in [-0.1, -0.05) is 24.3 Å². The van der Waals surface area contributed by atoms with Crippen LogP contribution >= 0.6 is 11.8 Å². The van der Waals surface area contributed by atoms with Crippen LogP contribution in [0, 0.1) is 0 Å². The summed E-state index contributed by atoms with van der Waals surface area (Å²) < 4.78 is 6.75. The fourth-order valence-corrected chi connectivity index (χ4v) is 3.41. The van der Waals surface area contributed by atoms with Crippen molar-refractivity contribution in [3.63, 3.8) is 0 Å². The predicted octanol–water partition coefficient (Wildman–Crippen LogP) is 3.28. The van der Waals surface area contributed by atoms with Crippen LogP contribution in [0.1, 0.15) is 0 Å². The predicted molar refractivity (Wildman–Crippen MR) is 102 cm³/mol. The van der Waals surface area contributed by atoms with Crippen LogP contribution in [0.5, 0.6) is 5.75 Å². The Morgan fingerprint density at radius 1 is 1.16 bits per heavy atom. The summed E-state index contributed by atoms with van der Waals surface area (Å²) in [6.07, 6.45) is 0. The van der Waals surface area contributed by atoms with Crippen molar-refractivity contribution >= 4 is 34.3 Å². The first-order valence-electron chi connectivity index (χ1n) is 7.74. The van der Waals surface area contributed by atoms with E-state index in [1.165, 1.54) is 11.8 Å². The van der Waals surface area contributed by atoms with Crippen molar-refractivity contribution in [1.82, 2.24) is 4.57 Å². The summed E-state index contributed by atoms with van der Waals surface area (Å²) in [5.41, 5.74) is 1.44. The molecule has 0 bridgehead atoms. The molecule has 0 saturated carbocycles. The summed E-state index contributed by atoms with van der Waals surface area (Å²) in [5.74, 6) is 0.764. The molecule has 0 unspecified atom stereocenters. The number of hydrogen-bond donors (Lipinski definition) is 1. The number of anilines is 1. The summed E-state index contributed by atoms with van der Waals surface area (Å²) in [6.45, 7) is 0. The van der Waals surface area contributed by atoms with Crippen LogP contribution in [-0.2, 0) is 11.8 Å². The van der Waals surface area contributed by atoms with Crippen molar-refractivity contribution in [3.05, 3.63) is 65.0 Å². The maximum absolute atomic E-state index is 12.2. The van der Waals surface area contributed by atoms with E-state index < -0.39 is 0 Å². The van der Waals surface area contributed by atoms with Crippen molar-refractivity contribution in [2.75, 3.05) is 18.2 Å². The number of fused-ring (bicyclic) bond motifs is 1. The van der Waals surface area contributed by atoms with Crippen LogP contribution in [0.15, 0.2) is 64.3 Å². The van der Waals surface area contributed by atoms with E-state index in [4.69, 9.17) is 4.74 Å². The second-order valence-corrected chi connectivity index (χ2v) is 6.51. The number of para-hydroxylation sites is 1.